The van der Waals surface area contributed by atoms with Crippen molar-refractivity contribution in [2.75, 3.05) is 6.61 Å². The topological polar surface area (TPSA) is 110 Å². The molecule has 0 aromatic carbocycles. The van der Waals surface area contributed by atoms with E-state index in [9.17, 15) is 25.2 Å². The van der Waals surface area contributed by atoms with Crippen LogP contribution in [-0.2, 0) is 4.79 Å². The van der Waals surface area contributed by atoms with Gasteiger partial charge in [0, 0.05) is 0 Å². The van der Waals surface area contributed by atoms with Crippen molar-refractivity contribution in [2.24, 2.45) is 0 Å². The van der Waals surface area contributed by atoms with Gasteiger partial charge < -0.3 is 25.7 Å². The van der Waals surface area contributed by atoms with Gasteiger partial charge in [0.05, 0.1) is 18.8 Å². The SMILES string of the molecule is CCCCCCCCCCCCCCCCCCCCCCCCCCC(O)C(=O)NC(CO)C(O)C(O)CCCCCCCCCCCCCCCCCCCCCCCCC. The van der Waals surface area contributed by atoms with Crippen LogP contribution in [0.4, 0.5) is 0 Å². The summed E-state index contributed by atoms with van der Waals surface area (Å²) in [6, 6.07) is -0.981. The maximum atomic E-state index is 12.6. The second kappa shape index (κ2) is 52.3. The van der Waals surface area contributed by atoms with Gasteiger partial charge in [-0.05, 0) is 12.8 Å². The van der Waals surface area contributed by atoms with Crippen LogP contribution in [-0.4, -0.2) is 57.3 Å². The normalized spacial score (nSPS) is 13.7. The third-order valence-electron chi connectivity index (χ3n) is 14.1. The number of carbonyl (C=O) groups excluding carboxylic acids is 1. The minimum absolute atomic E-state index is 0.376. The number of carbonyl (C=O) groups is 1. The summed E-state index contributed by atoms with van der Waals surface area (Å²) in [4.78, 5) is 12.6. The molecule has 0 heterocycles. The summed E-state index contributed by atoms with van der Waals surface area (Å²) in [7, 11) is 0. The number of rotatable bonds is 54. The first-order chi connectivity index (χ1) is 31.0. The van der Waals surface area contributed by atoms with Gasteiger partial charge >= 0.3 is 0 Å². The molecule has 0 fully saturated rings. The lowest BCUT2D eigenvalue weighted by Crippen LogP contribution is -2.53. The fraction of sp³-hybridized carbons (Fsp3) is 0.982. The van der Waals surface area contributed by atoms with E-state index in [1.165, 1.54) is 263 Å². The molecule has 0 bridgehead atoms. The quantitative estimate of drug-likeness (QED) is 0.0391. The molecule has 4 unspecified atom stereocenters. The van der Waals surface area contributed by atoms with E-state index in [-0.39, 0.29) is 0 Å². The average Bonchev–Trinajstić information content (AvgIpc) is 3.29. The van der Waals surface area contributed by atoms with Gasteiger partial charge in [0.1, 0.15) is 12.2 Å². The molecule has 0 saturated carbocycles. The van der Waals surface area contributed by atoms with Gasteiger partial charge in [-0.1, -0.05) is 316 Å². The molecule has 1 amide bonds. The Hall–Kier alpha value is -0.690. The first-order valence-electron chi connectivity index (χ1n) is 28.9. The van der Waals surface area contributed by atoms with E-state index < -0.39 is 36.9 Å². The van der Waals surface area contributed by atoms with Crippen LogP contribution < -0.4 is 5.32 Å². The zero-order valence-electron chi connectivity index (χ0n) is 42.9. The van der Waals surface area contributed by atoms with Crippen LogP contribution in [0, 0.1) is 0 Å². The predicted molar refractivity (Wildman–Crippen MR) is 275 cm³/mol. The number of amides is 1. The molecule has 0 aliphatic heterocycles. The van der Waals surface area contributed by atoms with E-state index in [0.717, 1.165) is 38.5 Å². The molecule has 0 aromatic rings. The minimum atomic E-state index is -1.25. The third-order valence-corrected chi connectivity index (χ3v) is 14.1. The molecule has 0 aromatic heterocycles. The highest BCUT2D eigenvalue weighted by Crippen LogP contribution is 2.19. The molecule has 378 valence electrons. The van der Waals surface area contributed by atoms with E-state index in [0.29, 0.717) is 12.8 Å². The Kier molecular flexibility index (Phi) is 51.7. The van der Waals surface area contributed by atoms with Crippen molar-refractivity contribution in [2.45, 2.75) is 353 Å². The summed E-state index contributed by atoms with van der Waals surface area (Å²) in [5, 5.41) is 44.1. The van der Waals surface area contributed by atoms with Gasteiger partial charge in [-0.3, -0.25) is 4.79 Å². The lowest BCUT2D eigenvalue weighted by Gasteiger charge is -2.27. The highest BCUT2D eigenvalue weighted by molar-refractivity contribution is 5.80. The zero-order valence-corrected chi connectivity index (χ0v) is 42.9. The van der Waals surface area contributed by atoms with Crippen LogP contribution in [0.1, 0.15) is 328 Å². The van der Waals surface area contributed by atoms with Gasteiger partial charge in [-0.15, -0.1) is 0 Å². The summed E-state index contributed by atoms with van der Waals surface area (Å²) in [5.74, 6) is -0.575. The molecule has 0 saturated heterocycles. The smallest absolute Gasteiger partial charge is 0.249 e. The molecule has 6 heteroatoms. The first kappa shape index (κ1) is 62.3. The van der Waals surface area contributed by atoms with Gasteiger partial charge in [0.2, 0.25) is 5.91 Å². The van der Waals surface area contributed by atoms with Gasteiger partial charge in [-0.25, -0.2) is 0 Å². The van der Waals surface area contributed by atoms with E-state index in [1.807, 2.05) is 0 Å². The zero-order chi connectivity index (χ0) is 45.9. The Morgan fingerprint density at radius 3 is 0.762 bits per heavy atom. The summed E-state index contributed by atoms with van der Waals surface area (Å²) in [5.41, 5.74) is 0. The monoisotopic (exact) mass is 894 g/mol. The highest BCUT2D eigenvalue weighted by Gasteiger charge is 2.28. The Balaban J connectivity index is 3.58. The molecule has 63 heavy (non-hydrogen) atoms. The van der Waals surface area contributed by atoms with Crippen LogP contribution in [0.2, 0.25) is 0 Å². The fourth-order valence-corrected chi connectivity index (χ4v) is 9.53. The van der Waals surface area contributed by atoms with Crippen molar-refractivity contribution in [1.82, 2.24) is 5.32 Å². The molecule has 6 nitrogen and oxygen atoms in total. The van der Waals surface area contributed by atoms with Crippen LogP contribution in [0.25, 0.3) is 0 Å². The van der Waals surface area contributed by atoms with E-state index in [1.54, 1.807) is 0 Å². The summed E-state index contributed by atoms with van der Waals surface area (Å²) >= 11 is 0. The second-order valence-electron chi connectivity index (χ2n) is 20.4. The molecule has 0 aliphatic rings. The largest absolute Gasteiger partial charge is 0.394 e. The minimum Gasteiger partial charge on any atom is -0.394 e. The highest BCUT2D eigenvalue weighted by atomic mass is 16.3. The summed E-state index contributed by atoms with van der Waals surface area (Å²) in [6.45, 7) is 4.10. The molecule has 0 radical (unpaired) electrons. The van der Waals surface area contributed by atoms with Crippen molar-refractivity contribution >= 4 is 5.91 Å². The predicted octanol–water partition coefficient (Wildman–Crippen LogP) is 16.7. The van der Waals surface area contributed by atoms with Crippen molar-refractivity contribution < 1.29 is 25.2 Å². The van der Waals surface area contributed by atoms with Crippen molar-refractivity contribution in [3.05, 3.63) is 0 Å². The lowest BCUT2D eigenvalue weighted by atomic mass is 9.99. The van der Waals surface area contributed by atoms with Crippen LogP contribution in [0.5, 0.6) is 0 Å². The number of nitrogens with one attached hydrogen (secondary N) is 1. The van der Waals surface area contributed by atoms with Gasteiger partial charge in [-0.2, -0.15) is 0 Å². The Morgan fingerprint density at radius 2 is 0.540 bits per heavy atom. The fourth-order valence-electron chi connectivity index (χ4n) is 9.53. The first-order valence-corrected chi connectivity index (χ1v) is 28.9. The maximum absolute atomic E-state index is 12.6. The molecular formula is C57H115NO5. The Bertz CT molecular complexity index is 871. The van der Waals surface area contributed by atoms with Crippen molar-refractivity contribution in [3.63, 3.8) is 0 Å². The van der Waals surface area contributed by atoms with Gasteiger partial charge in [0.15, 0.2) is 0 Å². The number of aliphatic hydroxyl groups excluding tert-OH is 4. The lowest BCUT2D eigenvalue weighted by molar-refractivity contribution is -0.132. The number of hydrogen-bond donors (Lipinski definition) is 5. The van der Waals surface area contributed by atoms with Crippen molar-refractivity contribution in [3.8, 4) is 0 Å². The molecule has 4 atom stereocenters. The Morgan fingerprint density at radius 1 is 0.333 bits per heavy atom. The van der Waals surface area contributed by atoms with Crippen molar-refractivity contribution in [1.29, 1.82) is 0 Å². The van der Waals surface area contributed by atoms with E-state index >= 15 is 0 Å². The molecular weight excluding hydrogens is 779 g/mol. The van der Waals surface area contributed by atoms with Gasteiger partial charge in [0.25, 0.3) is 0 Å². The summed E-state index contributed by atoms with van der Waals surface area (Å²) < 4.78 is 0. The summed E-state index contributed by atoms with van der Waals surface area (Å²) in [6.07, 6.45) is 60.3. The maximum Gasteiger partial charge on any atom is 0.249 e. The van der Waals surface area contributed by atoms with Crippen LogP contribution in [0.3, 0.4) is 0 Å². The number of unbranched alkanes of at least 4 members (excludes halogenated alkanes) is 45. The van der Waals surface area contributed by atoms with Crippen LogP contribution in [0.15, 0.2) is 0 Å². The molecule has 5 N–H and O–H groups in total. The average molecular weight is 895 g/mol. The number of hydrogen-bond acceptors (Lipinski definition) is 5. The van der Waals surface area contributed by atoms with E-state index in [4.69, 9.17) is 0 Å². The third kappa shape index (κ3) is 46.2. The molecule has 0 aliphatic carbocycles. The molecule has 0 spiro atoms. The second-order valence-corrected chi connectivity index (χ2v) is 20.4. The number of aliphatic hydroxyl groups is 4. The Labute approximate surface area is 394 Å². The standard InChI is InChI=1S/C57H115NO5/c1-3-5-7-9-11-13-15-17-19-21-23-25-27-29-31-33-35-37-39-41-43-45-47-49-51-55(61)57(63)58-53(52-59)56(62)54(60)50-48-46-44-42-40-38-36-34-32-30-28-26-24-22-20-18-16-14-12-10-8-6-4-2/h53-56,59-62H,3-52H2,1-2H3,(H,58,63). The van der Waals surface area contributed by atoms with Crippen LogP contribution >= 0.6 is 0 Å². The molecule has 0 rings (SSSR count). The van der Waals surface area contributed by atoms with E-state index in [2.05, 4.69) is 19.2 Å².